The Balaban J connectivity index is 1.90. The summed E-state index contributed by atoms with van der Waals surface area (Å²) in [7, 11) is -0.0678. The molecule has 0 amide bonds. The van der Waals surface area contributed by atoms with Gasteiger partial charge in [0.1, 0.15) is 0 Å². The van der Waals surface area contributed by atoms with Gasteiger partial charge in [-0.3, -0.25) is 0 Å². The van der Waals surface area contributed by atoms with Crippen molar-refractivity contribution in [3.63, 3.8) is 0 Å². The monoisotopic (exact) mass is 178 g/mol. The van der Waals surface area contributed by atoms with Crippen LogP contribution in [0.2, 0.25) is 0 Å². The highest BCUT2D eigenvalue weighted by atomic mass is 35.7. The van der Waals surface area contributed by atoms with Gasteiger partial charge < -0.3 is 0 Å². The van der Waals surface area contributed by atoms with E-state index in [9.17, 15) is 0 Å². The van der Waals surface area contributed by atoms with Crippen LogP contribution in [0.3, 0.4) is 0 Å². The summed E-state index contributed by atoms with van der Waals surface area (Å²) in [4.78, 5) is 0. The highest BCUT2D eigenvalue weighted by molar-refractivity contribution is 7.84. The van der Waals surface area contributed by atoms with Gasteiger partial charge in [0.25, 0.3) is 0 Å². The lowest BCUT2D eigenvalue weighted by Crippen LogP contribution is -1.83. The molecule has 10 heavy (non-hydrogen) atoms. The van der Waals surface area contributed by atoms with Crippen molar-refractivity contribution < 1.29 is 0 Å². The Morgan fingerprint density at radius 3 is 2.60 bits per heavy atom. The maximum Gasteiger partial charge on any atom is -0.00656 e. The van der Waals surface area contributed by atoms with Gasteiger partial charge in [0.2, 0.25) is 0 Å². The van der Waals surface area contributed by atoms with Crippen molar-refractivity contribution in [3.8, 4) is 0 Å². The molecule has 0 nitrogen and oxygen atoms in total. The smallest absolute Gasteiger partial charge is 0.00656 e. The van der Waals surface area contributed by atoms with E-state index < -0.39 is 0 Å². The molecule has 1 atom stereocenters. The molecule has 0 aromatic rings. The van der Waals surface area contributed by atoms with E-state index >= 15 is 0 Å². The van der Waals surface area contributed by atoms with Crippen molar-refractivity contribution in [2.24, 2.45) is 0 Å². The number of rotatable bonds is 5. The first-order valence-electron chi connectivity index (χ1n) is 4.27. The molecule has 0 aromatic carbocycles. The topological polar surface area (TPSA) is 0 Å². The first-order chi connectivity index (χ1) is 4.84. The second-order valence-electron chi connectivity index (χ2n) is 3.06. The summed E-state index contributed by atoms with van der Waals surface area (Å²) >= 11 is 6.18. The molecule has 0 N–H and O–H groups in total. The molecule has 0 bridgehead atoms. The summed E-state index contributed by atoms with van der Waals surface area (Å²) in [5.41, 5.74) is 0.952. The zero-order chi connectivity index (χ0) is 7.40. The molecule has 60 valence electrons. The maximum atomic E-state index is 6.18. The highest BCUT2D eigenvalue weighted by Gasteiger charge is 2.28. The van der Waals surface area contributed by atoms with Gasteiger partial charge in [-0.05, 0) is 38.4 Å². The molecule has 0 aromatic heterocycles. The number of unbranched alkanes of at least 4 members (excludes halogenated alkanes) is 2. The Hall–Kier alpha value is 0.720. The minimum absolute atomic E-state index is 0.0678. The zero-order valence-corrected chi connectivity index (χ0v) is 8.30. The average Bonchev–Trinajstić information content (AvgIpc) is 2.69. The van der Waals surface area contributed by atoms with Crippen LogP contribution >= 0.6 is 18.5 Å². The second kappa shape index (κ2) is 4.57. The zero-order valence-electron chi connectivity index (χ0n) is 6.65. The van der Waals surface area contributed by atoms with E-state index in [0.29, 0.717) is 0 Å². The first kappa shape index (κ1) is 8.81. The van der Waals surface area contributed by atoms with E-state index in [1.807, 2.05) is 0 Å². The molecule has 0 aliphatic heterocycles. The maximum absolute atomic E-state index is 6.18. The van der Waals surface area contributed by atoms with Crippen LogP contribution in [0.4, 0.5) is 0 Å². The van der Waals surface area contributed by atoms with E-state index in [2.05, 4.69) is 6.92 Å². The molecular formula is C8H16ClP. The Labute approximate surface area is 69.9 Å². The summed E-state index contributed by atoms with van der Waals surface area (Å²) < 4.78 is 0. The standard InChI is InChI=1S/C8H16ClP/c1-2-3-4-7-10(9)8-5-6-8/h8H,2-7H2,1H3. The fourth-order valence-corrected chi connectivity index (χ4v) is 3.59. The lowest BCUT2D eigenvalue weighted by atomic mass is 10.3. The van der Waals surface area contributed by atoms with Gasteiger partial charge in [0.05, 0.1) is 0 Å². The predicted octanol–water partition coefficient (Wildman–Crippen LogP) is 3.97. The van der Waals surface area contributed by atoms with Crippen LogP contribution in [-0.2, 0) is 0 Å². The van der Waals surface area contributed by atoms with Gasteiger partial charge in [0, 0.05) is 0 Å². The van der Waals surface area contributed by atoms with Gasteiger partial charge in [0.15, 0.2) is 0 Å². The Morgan fingerprint density at radius 2 is 2.10 bits per heavy atom. The van der Waals surface area contributed by atoms with Crippen molar-refractivity contribution in [3.05, 3.63) is 0 Å². The van der Waals surface area contributed by atoms with E-state index in [4.69, 9.17) is 11.2 Å². The second-order valence-corrected chi connectivity index (χ2v) is 6.34. The minimum Gasteiger partial charge on any atom is -0.0961 e. The van der Waals surface area contributed by atoms with Crippen molar-refractivity contribution >= 4 is 18.5 Å². The third-order valence-electron chi connectivity index (χ3n) is 1.92. The normalized spacial score (nSPS) is 21.0. The lowest BCUT2D eigenvalue weighted by molar-refractivity contribution is 0.776. The van der Waals surface area contributed by atoms with Crippen molar-refractivity contribution in [2.45, 2.75) is 44.7 Å². The number of hydrogen-bond donors (Lipinski definition) is 0. The van der Waals surface area contributed by atoms with Crippen LogP contribution in [-0.4, -0.2) is 11.8 Å². The largest absolute Gasteiger partial charge is 0.0961 e. The lowest BCUT2D eigenvalue weighted by Gasteiger charge is -2.05. The fraction of sp³-hybridized carbons (Fsp3) is 1.00. The van der Waals surface area contributed by atoms with Crippen molar-refractivity contribution in [1.82, 2.24) is 0 Å². The third-order valence-corrected chi connectivity index (χ3v) is 5.31. The van der Waals surface area contributed by atoms with Gasteiger partial charge >= 0.3 is 0 Å². The summed E-state index contributed by atoms with van der Waals surface area (Å²) in [6.45, 7) is 2.24. The molecule has 1 aliphatic rings. The van der Waals surface area contributed by atoms with E-state index in [0.717, 1.165) is 5.66 Å². The molecule has 0 spiro atoms. The molecule has 2 heteroatoms. The SMILES string of the molecule is CCCCCP(Cl)C1CC1. The molecule has 0 saturated heterocycles. The summed E-state index contributed by atoms with van der Waals surface area (Å²) in [5, 5.41) is 0. The quantitative estimate of drug-likeness (QED) is 0.441. The molecule has 1 rings (SSSR count). The molecule has 1 saturated carbocycles. The van der Waals surface area contributed by atoms with Gasteiger partial charge in [-0.15, -0.1) is 0 Å². The summed E-state index contributed by atoms with van der Waals surface area (Å²) in [5.74, 6) is 0. The van der Waals surface area contributed by atoms with Gasteiger partial charge in [-0.25, -0.2) is 0 Å². The molecule has 0 heterocycles. The predicted molar refractivity (Wildman–Crippen MR) is 50.2 cm³/mol. The number of hydrogen-bond acceptors (Lipinski definition) is 0. The van der Waals surface area contributed by atoms with Gasteiger partial charge in [-0.2, -0.15) is 0 Å². The van der Waals surface area contributed by atoms with Crippen LogP contribution < -0.4 is 0 Å². The van der Waals surface area contributed by atoms with Crippen LogP contribution in [0.15, 0.2) is 0 Å². The molecule has 1 unspecified atom stereocenters. The fourth-order valence-electron chi connectivity index (χ4n) is 1.05. The number of halogens is 1. The average molecular weight is 179 g/mol. The molecule has 1 aliphatic carbocycles. The Bertz CT molecular complexity index is 91.3. The molecule has 1 fully saturated rings. The Morgan fingerprint density at radius 1 is 1.40 bits per heavy atom. The minimum atomic E-state index is -0.0678. The third kappa shape index (κ3) is 3.21. The summed E-state index contributed by atoms with van der Waals surface area (Å²) in [6, 6.07) is 0. The van der Waals surface area contributed by atoms with E-state index in [-0.39, 0.29) is 7.27 Å². The van der Waals surface area contributed by atoms with Crippen molar-refractivity contribution in [2.75, 3.05) is 6.16 Å². The first-order valence-corrected chi connectivity index (χ1v) is 6.77. The molecule has 0 radical (unpaired) electrons. The van der Waals surface area contributed by atoms with E-state index in [1.165, 1.54) is 38.3 Å². The van der Waals surface area contributed by atoms with Crippen LogP contribution in [0.1, 0.15) is 39.0 Å². The van der Waals surface area contributed by atoms with Gasteiger partial charge in [-0.1, -0.05) is 31.0 Å². The van der Waals surface area contributed by atoms with Crippen LogP contribution in [0.25, 0.3) is 0 Å². The summed E-state index contributed by atoms with van der Waals surface area (Å²) in [6.07, 6.45) is 8.21. The van der Waals surface area contributed by atoms with Crippen LogP contribution in [0, 0.1) is 0 Å². The van der Waals surface area contributed by atoms with E-state index in [1.54, 1.807) is 0 Å². The highest BCUT2D eigenvalue weighted by Crippen LogP contribution is 2.57. The Kier molecular flexibility index (Phi) is 4.03. The van der Waals surface area contributed by atoms with Crippen molar-refractivity contribution in [1.29, 1.82) is 0 Å². The molecular weight excluding hydrogens is 163 g/mol. The van der Waals surface area contributed by atoms with Crippen LogP contribution in [0.5, 0.6) is 0 Å².